The molecular formula is C8H19NO3S. The minimum Gasteiger partial charge on any atom is -0.328 e. The van der Waals surface area contributed by atoms with E-state index in [0.717, 1.165) is 6.42 Å². The third kappa shape index (κ3) is 6.01. The summed E-state index contributed by atoms with van der Waals surface area (Å²) in [5, 5.41) is -0.763. The molecule has 4 nitrogen and oxygen atoms in total. The van der Waals surface area contributed by atoms with E-state index in [2.05, 4.69) is 0 Å². The smallest absolute Gasteiger partial charge is 0.267 e. The molecule has 5 heteroatoms. The van der Waals surface area contributed by atoms with Crippen LogP contribution in [-0.4, -0.2) is 24.3 Å². The first-order valence-electron chi connectivity index (χ1n) is 4.45. The molecule has 0 aliphatic heterocycles. The summed E-state index contributed by atoms with van der Waals surface area (Å²) in [6.07, 6.45) is 1.09. The van der Waals surface area contributed by atoms with Crippen molar-refractivity contribution in [3.63, 3.8) is 0 Å². The number of hydrogen-bond donors (Lipinski definition) is 2. The van der Waals surface area contributed by atoms with Crippen molar-refractivity contribution in [3.05, 3.63) is 0 Å². The van der Waals surface area contributed by atoms with Crippen LogP contribution in [0.1, 0.15) is 33.6 Å². The zero-order chi connectivity index (χ0) is 10.6. The molecule has 1 unspecified atom stereocenters. The molecule has 0 aromatic carbocycles. The first-order valence-corrected chi connectivity index (χ1v) is 5.95. The highest BCUT2D eigenvalue weighted by molar-refractivity contribution is 7.86. The van der Waals surface area contributed by atoms with Gasteiger partial charge in [-0.1, -0.05) is 13.8 Å². The Hall–Kier alpha value is -0.130. The molecule has 0 saturated carbocycles. The molecule has 13 heavy (non-hydrogen) atoms. The zero-order valence-electron chi connectivity index (χ0n) is 8.40. The van der Waals surface area contributed by atoms with Gasteiger partial charge in [-0.3, -0.25) is 4.55 Å². The molecule has 0 fully saturated rings. The van der Waals surface area contributed by atoms with Crippen molar-refractivity contribution in [3.8, 4) is 0 Å². The van der Waals surface area contributed by atoms with Crippen molar-refractivity contribution in [1.82, 2.24) is 0 Å². The van der Waals surface area contributed by atoms with Crippen LogP contribution in [0.5, 0.6) is 0 Å². The summed E-state index contributed by atoms with van der Waals surface area (Å²) >= 11 is 0. The van der Waals surface area contributed by atoms with Gasteiger partial charge in [-0.15, -0.1) is 0 Å². The average Bonchev–Trinajstić information content (AvgIpc) is 1.82. The minimum absolute atomic E-state index is 0.156. The van der Waals surface area contributed by atoms with E-state index in [4.69, 9.17) is 10.3 Å². The van der Waals surface area contributed by atoms with E-state index in [9.17, 15) is 8.42 Å². The Labute approximate surface area is 80.3 Å². The predicted octanol–water partition coefficient (Wildman–Crippen LogP) is 1.03. The quantitative estimate of drug-likeness (QED) is 0.663. The standard InChI is InChI=1S/C8H19NO3S/c1-6(2)4-8(9)5-7(3)13(10,11)12/h6-8H,4-5,9H2,1-3H3,(H,10,11,12)/t7?,8-/m0/s1. The van der Waals surface area contributed by atoms with Crippen molar-refractivity contribution >= 4 is 10.1 Å². The summed E-state index contributed by atoms with van der Waals surface area (Å²) in [5.74, 6) is 0.448. The average molecular weight is 209 g/mol. The van der Waals surface area contributed by atoms with Gasteiger partial charge in [-0.2, -0.15) is 8.42 Å². The fraction of sp³-hybridized carbons (Fsp3) is 1.00. The third-order valence-electron chi connectivity index (χ3n) is 1.92. The lowest BCUT2D eigenvalue weighted by molar-refractivity contribution is 0.434. The monoisotopic (exact) mass is 209 g/mol. The van der Waals surface area contributed by atoms with Gasteiger partial charge < -0.3 is 5.73 Å². The Bertz CT molecular complexity index is 236. The summed E-state index contributed by atoms with van der Waals surface area (Å²) < 4.78 is 30.0. The molecule has 0 aromatic rings. The lowest BCUT2D eigenvalue weighted by Crippen LogP contribution is -2.30. The molecule has 0 aromatic heterocycles. The summed E-state index contributed by atoms with van der Waals surface area (Å²) in [4.78, 5) is 0. The van der Waals surface area contributed by atoms with Crippen molar-refractivity contribution in [2.24, 2.45) is 11.7 Å². The molecule has 0 amide bonds. The Balaban J connectivity index is 4.00. The molecule has 3 N–H and O–H groups in total. The topological polar surface area (TPSA) is 80.4 Å². The molecule has 80 valence electrons. The molecule has 0 saturated heterocycles. The molecule has 2 atom stereocenters. The van der Waals surface area contributed by atoms with Crippen LogP contribution >= 0.6 is 0 Å². The maximum Gasteiger partial charge on any atom is 0.267 e. The van der Waals surface area contributed by atoms with Crippen LogP contribution < -0.4 is 5.73 Å². The second-order valence-corrected chi connectivity index (χ2v) is 5.79. The van der Waals surface area contributed by atoms with Crippen LogP contribution in [0.2, 0.25) is 0 Å². The van der Waals surface area contributed by atoms with E-state index in [0.29, 0.717) is 12.3 Å². The van der Waals surface area contributed by atoms with Gasteiger partial charge in [0.25, 0.3) is 10.1 Å². The van der Waals surface area contributed by atoms with Gasteiger partial charge >= 0.3 is 0 Å². The summed E-state index contributed by atoms with van der Waals surface area (Å²) in [5.41, 5.74) is 5.70. The van der Waals surface area contributed by atoms with Crippen LogP contribution in [0, 0.1) is 5.92 Å². The van der Waals surface area contributed by atoms with Crippen LogP contribution in [-0.2, 0) is 10.1 Å². The van der Waals surface area contributed by atoms with E-state index >= 15 is 0 Å². The summed E-state index contributed by atoms with van der Waals surface area (Å²) in [7, 11) is -3.91. The highest BCUT2D eigenvalue weighted by atomic mass is 32.2. The Morgan fingerprint density at radius 2 is 1.69 bits per heavy atom. The van der Waals surface area contributed by atoms with Gasteiger partial charge in [-0.05, 0) is 25.7 Å². The van der Waals surface area contributed by atoms with Crippen LogP contribution in [0.15, 0.2) is 0 Å². The fourth-order valence-electron chi connectivity index (χ4n) is 1.25. The minimum atomic E-state index is -3.91. The highest BCUT2D eigenvalue weighted by Gasteiger charge is 2.20. The maximum atomic E-state index is 10.7. The van der Waals surface area contributed by atoms with Gasteiger partial charge in [-0.25, -0.2) is 0 Å². The van der Waals surface area contributed by atoms with Crippen molar-refractivity contribution < 1.29 is 13.0 Å². The van der Waals surface area contributed by atoms with E-state index in [1.807, 2.05) is 13.8 Å². The lowest BCUT2D eigenvalue weighted by atomic mass is 10.0. The fourth-order valence-corrected chi connectivity index (χ4v) is 1.74. The van der Waals surface area contributed by atoms with E-state index in [-0.39, 0.29) is 6.04 Å². The van der Waals surface area contributed by atoms with Gasteiger partial charge in [0, 0.05) is 6.04 Å². The second-order valence-electron chi connectivity index (χ2n) is 3.95. The zero-order valence-corrected chi connectivity index (χ0v) is 9.21. The van der Waals surface area contributed by atoms with Crippen molar-refractivity contribution in [2.45, 2.75) is 44.9 Å². The van der Waals surface area contributed by atoms with Crippen LogP contribution in [0.3, 0.4) is 0 Å². The van der Waals surface area contributed by atoms with Crippen LogP contribution in [0.25, 0.3) is 0 Å². The molecule has 0 heterocycles. The SMILES string of the molecule is CC(C)C[C@H](N)CC(C)S(=O)(=O)O. The van der Waals surface area contributed by atoms with Gasteiger partial charge in [0.2, 0.25) is 0 Å². The highest BCUT2D eigenvalue weighted by Crippen LogP contribution is 2.11. The third-order valence-corrected chi connectivity index (χ3v) is 3.13. The molecule has 0 bridgehead atoms. The largest absolute Gasteiger partial charge is 0.328 e. The van der Waals surface area contributed by atoms with Gasteiger partial charge in [0.05, 0.1) is 5.25 Å². The van der Waals surface area contributed by atoms with Gasteiger partial charge in [0.1, 0.15) is 0 Å². The number of hydrogen-bond acceptors (Lipinski definition) is 3. The molecule has 0 aliphatic rings. The van der Waals surface area contributed by atoms with E-state index < -0.39 is 15.4 Å². The summed E-state index contributed by atoms with van der Waals surface area (Å²) in [6.45, 7) is 5.52. The van der Waals surface area contributed by atoms with Crippen molar-refractivity contribution in [1.29, 1.82) is 0 Å². The molecule has 0 radical (unpaired) electrons. The summed E-state index contributed by atoms with van der Waals surface area (Å²) in [6, 6.07) is -0.156. The Morgan fingerprint density at radius 3 is 2.00 bits per heavy atom. The second kappa shape index (κ2) is 4.93. The van der Waals surface area contributed by atoms with Crippen LogP contribution in [0.4, 0.5) is 0 Å². The Morgan fingerprint density at radius 1 is 1.23 bits per heavy atom. The predicted molar refractivity (Wildman–Crippen MR) is 53.1 cm³/mol. The van der Waals surface area contributed by atoms with E-state index in [1.54, 1.807) is 0 Å². The van der Waals surface area contributed by atoms with E-state index in [1.165, 1.54) is 6.92 Å². The molecule has 0 spiro atoms. The number of nitrogens with two attached hydrogens (primary N) is 1. The molecule has 0 rings (SSSR count). The first-order chi connectivity index (χ1) is 5.73. The lowest BCUT2D eigenvalue weighted by Gasteiger charge is -2.16. The Kier molecular flexibility index (Phi) is 4.88. The molecule has 0 aliphatic carbocycles. The van der Waals surface area contributed by atoms with Crippen molar-refractivity contribution in [2.75, 3.05) is 0 Å². The molecular weight excluding hydrogens is 190 g/mol. The van der Waals surface area contributed by atoms with Gasteiger partial charge in [0.15, 0.2) is 0 Å². The maximum absolute atomic E-state index is 10.7. The first kappa shape index (κ1) is 12.9. The normalized spacial score (nSPS) is 17.4. The number of rotatable bonds is 5.